The van der Waals surface area contributed by atoms with E-state index in [0.717, 1.165) is 13.0 Å². The third-order valence-electron chi connectivity index (χ3n) is 1.71. The average molecular weight is 182 g/mol. The molecule has 5 heteroatoms. The summed E-state index contributed by atoms with van der Waals surface area (Å²) in [6, 6.07) is 0. The Morgan fingerprint density at radius 1 is 1.50 bits per heavy atom. The molecule has 1 radical (unpaired) electrons. The fraction of sp³-hybridized carbons (Fsp3) is 0.857. The topological polar surface area (TPSA) is 12.5 Å². The Hall–Kier alpha value is -0.290. The van der Waals surface area contributed by atoms with Gasteiger partial charge >= 0.3 is 6.36 Å². The molecule has 1 aliphatic heterocycles. The van der Waals surface area contributed by atoms with Gasteiger partial charge in [-0.2, -0.15) is 0 Å². The zero-order chi connectivity index (χ0) is 9.19. The highest BCUT2D eigenvalue weighted by Crippen LogP contribution is 2.24. The van der Waals surface area contributed by atoms with Crippen molar-refractivity contribution in [3.63, 3.8) is 0 Å². The van der Waals surface area contributed by atoms with Crippen LogP contribution < -0.4 is 0 Å². The van der Waals surface area contributed by atoms with Crippen LogP contribution in [0.2, 0.25) is 0 Å². The number of piperidine rings is 1. The molecule has 1 rings (SSSR count). The lowest BCUT2D eigenvalue weighted by atomic mass is 10.1. The van der Waals surface area contributed by atoms with E-state index in [1.54, 1.807) is 11.9 Å². The first-order valence-corrected chi connectivity index (χ1v) is 3.77. The number of hydrogen-bond donors (Lipinski definition) is 0. The van der Waals surface area contributed by atoms with Gasteiger partial charge in [-0.25, -0.2) is 0 Å². The zero-order valence-electron chi connectivity index (χ0n) is 6.77. The molecule has 0 aromatic heterocycles. The predicted octanol–water partition coefficient (Wildman–Crippen LogP) is 1.78. The van der Waals surface area contributed by atoms with Gasteiger partial charge in [0.1, 0.15) is 0 Å². The smallest absolute Gasteiger partial charge is 0.299 e. The fourth-order valence-electron chi connectivity index (χ4n) is 1.24. The van der Waals surface area contributed by atoms with Crippen molar-refractivity contribution in [1.29, 1.82) is 0 Å². The third kappa shape index (κ3) is 3.40. The van der Waals surface area contributed by atoms with Gasteiger partial charge in [0.15, 0.2) is 0 Å². The Bertz CT molecular complexity index is 148. The van der Waals surface area contributed by atoms with Crippen LogP contribution in [-0.4, -0.2) is 31.0 Å². The summed E-state index contributed by atoms with van der Waals surface area (Å²) < 4.78 is 39.0. The summed E-state index contributed by atoms with van der Waals surface area (Å²) in [5, 5.41) is 0. The summed E-state index contributed by atoms with van der Waals surface area (Å²) in [5.74, 6) is 0. The van der Waals surface area contributed by atoms with E-state index in [1.165, 1.54) is 6.54 Å². The van der Waals surface area contributed by atoms with Gasteiger partial charge in [0.05, 0.1) is 12.6 Å². The Labute approximate surface area is 69.3 Å². The molecule has 0 amide bonds. The van der Waals surface area contributed by atoms with Crippen LogP contribution in [0, 0.1) is 6.54 Å². The molecule has 1 fully saturated rings. The minimum Gasteiger partial charge on any atom is -0.299 e. The van der Waals surface area contributed by atoms with Crippen LogP contribution in [0.15, 0.2) is 0 Å². The number of hydrogen-bond acceptors (Lipinski definition) is 2. The van der Waals surface area contributed by atoms with E-state index in [4.69, 9.17) is 0 Å². The molecule has 1 aliphatic rings. The molecule has 0 saturated carbocycles. The van der Waals surface area contributed by atoms with E-state index in [-0.39, 0.29) is 0 Å². The molecule has 1 heterocycles. The minimum absolute atomic E-state index is 0.448. The highest BCUT2D eigenvalue weighted by atomic mass is 19.4. The Morgan fingerprint density at radius 3 is 2.67 bits per heavy atom. The molecular formula is C7H11F3NO. The van der Waals surface area contributed by atoms with Gasteiger partial charge in [-0.15, -0.1) is 13.2 Å². The molecule has 0 bridgehead atoms. The molecule has 0 N–H and O–H groups in total. The maximum Gasteiger partial charge on any atom is 0.522 e. The van der Waals surface area contributed by atoms with Crippen molar-refractivity contribution in [2.45, 2.75) is 25.3 Å². The van der Waals surface area contributed by atoms with Gasteiger partial charge in [-0.05, 0) is 26.4 Å². The molecular weight excluding hydrogens is 171 g/mol. The van der Waals surface area contributed by atoms with Crippen molar-refractivity contribution < 1.29 is 17.9 Å². The first-order valence-electron chi connectivity index (χ1n) is 3.77. The lowest BCUT2D eigenvalue weighted by Crippen LogP contribution is -2.35. The highest BCUT2D eigenvalue weighted by molar-refractivity contribution is 4.81. The molecule has 0 aromatic carbocycles. The van der Waals surface area contributed by atoms with Crippen LogP contribution in [-0.2, 0) is 4.74 Å². The molecule has 0 aliphatic carbocycles. The van der Waals surface area contributed by atoms with Crippen LogP contribution in [0.5, 0.6) is 0 Å². The molecule has 71 valence electrons. The number of alkyl halides is 3. The van der Waals surface area contributed by atoms with E-state index in [9.17, 15) is 13.2 Å². The first-order chi connectivity index (χ1) is 5.47. The second kappa shape index (κ2) is 3.62. The SMILES string of the molecule is CN1[CH]C(OC(F)(F)F)CCC1. The quantitative estimate of drug-likeness (QED) is 0.612. The number of nitrogens with zero attached hydrogens (tertiary/aromatic N) is 1. The van der Waals surface area contributed by atoms with E-state index in [2.05, 4.69) is 4.74 Å². The Morgan fingerprint density at radius 2 is 2.17 bits per heavy atom. The lowest BCUT2D eigenvalue weighted by molar-refractivity contribution is -0.341. The van der Waals surface area contributed by atoms with Crippen molar-refractivity contribution in [3.8, 4) is 0 Å². The largest absolute Gasteiger partial charge is 0.522 e. The second-order valence-electron chi connectivity index (χ2n) is 2.87. The molecule has 12 heavy (non-hydrogen) atoms. The van der Waals surface area contributed by atoms with Crippen molar-refractivity contribution in [2.75, 3.05) is 13.6 Å². The number of rotatable bonds is 1. The van der Waals surface area contributed by atoms with E-state index < -0.39 is 12.5 Å². The maximum atomic E-state index is 11.7. The summed E-state index contributed by atoms with van der Waals surface area (Å²) >= 11 is 0. The van der Waals surface area contributed by atoms with Gasteiger partial charge in [-0.3, -0.25) is 9.64 Å². The van der Waals surface area contributed by atoms with Crippen LogP contribution in [0.1, 0.15) is 12.8 Å². The lowest BCUT2D eigenvalue weighted by Gasteiger charge is -2.29. The van der Waals surface area contributed by atoms with Crippen molar-refractivity contribution in [1.82, 2.24) is 4.90 Å². The van der Waals surface area contributed by atoms with Crippen molar-refractivity contribution in [3.05, 3.63) is 6.54 Å². The molecule has 1 atom stereocenters. The summed E-state index contributed by atoms with van der Waals surface area (Å²) in [4.78, 5) is 1.72. The molecule has 1 saturated heterocycles. The normalized spacial score (nSPS) is 27.5. The number of ether oxygens (including phenoxy) is 1. The second-order valence-corrected chi connectivity index (χ2v) is 2.87. The van der Waals surface area contributed by atoms with E-state index in [1.807, 2.05) is 0 Å². The zero-order valence-corrected chi connectivity index (χ0v) is 6.77. The van der Waals surface area contributed by atoms with Crippen LogP contribution in [0.4, 0.5) is 13.2 Å². The summed E-state index contributed by atoms with van der Waals surface area (Å²) in [6.07, 6.45) is -4.12. The number of likely N-dealkylation sites (tertiary alicyclic amines) is 1. The number of halogens is 3. The van der Waals surface area contributed by atoms with Gasteiger partial charge in [0.2, 0.25) is 0 Å². The van der Waals surface area contributed by atoms with Crippen LogP contribution >= 0.6 is 0 Å². The molecule has 2 nitrogen and oxygen atoms in total. The molecule has 0 spiro atoms. The fourth-order valence-corrected chi connectivity index (χ4v) is 1.24. The minimum atomic E-state index is -4.51. The molecule has 1 unspecified atom stereocenters. The van der Waals surface area contributed by atoms with Crippen LogP contribution in [0.3, 0.4) is 0 Å². The summed E-state index contributed by atoms with van der Waals surface area (Å²) in [6.45, 7) is 2.27. The third-order valence-corrected chi connectivity index (χ3v) is 1.71. The summed E-state index contributed by atoms with van der Waals surface area (Å²) in [7, 11) is 1.74. The first kappa shape index (κ1) is 9.80. The number of likely N-dealkylation sites (N-methyl/N-ethyl adjacent to an activating group) is 1. The highest BCUT2D eigenvalue weighted by Gasteiger charge is 2.34. The van der Waals surface area contributed by atoms with E-state index in [0.29, 0.717) is 6.42 Å². The van der Waals surface area contributed by atoms with Crippen molar-refractivity contribution in [2.24, 2.45) is 0 Å². The van der Waals surface area contributed by atoms with Crippen molar-refractivity contribution >= 4 is 0 Å². The predicted molar refractivity (Wildman–Crippen MR) is 37.1 cm³/mol. The Kier molecular flexibility index (Phi) is 2.95. The van der Waals surface area contributed by atoms with Gasteiger partial charge < -0.3 is 0 Å². The monoisotopic (exact) mass is 182 g/mol. The van der Waals surface area contributed by atoms with Gasteiger partial charge in [0.25, 0.3) is 0 Å². The van der Waals surface area contributed by atoms with Gasteiger partial charge in [-0.1, -0.05) is 0 Å². The molecule has 0 aromatic rings. The van der Waals surface area contributed by atoms with E-state index >= 15 is 0 Å². The standard InChI is InChI=1S/C7H11F3NO/c1-11-4-2-3-6(5-11)12-7(8,9)10/h5-6H,2-4H2,1H3. The maximum absolute atomic E-state index is 11.7. The van der Waals surface area contributed by atoms with Gasteiger partial charge in [0, 0.05) is 0 Å². The summed E-state index contributed by atoms with van der Waals surface area (Å²) in [5.41, 5.74) is 0. The van der Waals surface area contributed by atoms with Crippen LogP contribution in [0.25, 0.3) is 0 Å². The Balaban J connectivity index is 2.32. The average Bonchev–Trinajstić information content (AvgIpc) is 1.82.